The van der Waals surface area contributed by atoms with Gasteiger partial charge in [-0.2, -0.15) is 0 Å². The number of carbonyl (C=O) groups excluding carboxylic acids is 1. The molecular weight excluding hydrogens is 296 g/mol. The number of benzene rings is 1. The maximum atomic E-state index is 12.7. The lowest BCUT2D eigenvalue weighted by Gasteiger charge is -2.18. The van der Waals surface area contributed by atoms with Gasteiger partial charge in [0.1, 0.15) is 0 Å². The summed E-state index contributed by atoms with van der Waals surface area (Å²) in [6, 6.07) is 14.3. The van der Waals surface area contributed by atoms with Crippen molar-refractivity contribution in [2.45, 2.75) is 26.2 Å². The molecule has 1 aromatic carbocycles. The predicted molar refractivity (Wildman–Crippen MR) is 95.1 cm³/mol. The Labute approximate surface area is 141 Å². The molecule has 0 bridgehead atoms. The van der Waals surface area contributed by atoms with Crippen LogP contribution in [0.1, 0.15) is 40.5 Å². The summed E-state index contributed by atoms with van der Waals surface area (Å²) in [5.41, 5.74) is 6.51. The zero-order valence-corrected chi connectivity index (χ0v) is 13.8. The number of rotatable bonds is 3. The maximum Gasteiger partial charge on any atom is 0.165 e. The number of hydrogen-bond acceptors (Lipinski definition) is 2. The van der Waals surface area contributed by atoms with Gasteiger partial charge in [0.25, 0.3) is 0 Å². The van der Waals surface area contributed by atoms with E-state index in [4.69, 9.17) is 0 Å². The van der Waals surface area contributed by atoms with E-state index in [2.05, 4.69) is 29.0 Å². The standard InChI is InChI=1S/C21H20N2O/c1-14-11-18-20(19(24)12-14)17(13-15-5-3-2-4-6-15)21(23-18)16-7-9-22-10-8-16/h2-10,14,23H,11-13H2,1H3. The van der Waals surface area contributed by atoms with E-state index in [1.54, 1.807) is 12.4 Å². The Morgan fingerprint density at radius 2 is 1.83 bits per heavy atom. The zero-order chi connectivity index (χ0) is 16.5. The molecule has 0 saturated carbocycles. The van der Waals surface area contributed by atoms with E-state index < -0.39 is 0 Å². The SMILES string of the molecule is CC1CC(=O)c2c([nH]c(-c3ccncc3)c2Cc2ccccc2)C1. The minimum Gasteiger partial charge on any atom is -0.358 e. The lowest BCUT2D eigenvalue weighted by molar-refractivity contribution is 0.0952. The fourth-order valence-corrected chi connectivity index (χ4v) is 3.67. The molecule has 3 heteroatoms. The molecule has 1 N–H and O–H groups in total. The molecule has 1 atom stereocenters. The van der Waals surface area contributed by atoms with Crippen LogP contribution in [0.3, 0.4) is 0 Å². The van der Waals surface area contributed by atoms with Crippen LogP contribution in [0.25, 0.3) is 11.3 Å². The topological polar surface area (TPSA) is 45.8 Å². The first kappa shape index (κ1) is 14.9. The average Bonchev–Trinajstić information content (AvgIpc) is 2.95. The maximum absolute atomic E-state index is 12.7. The summed E-state index contributed by atoms with van der Waals surface area (Å²) in [4.78, 5) is 20.4. The first-order chi connectivity index (χ1) is 11.7. The van der Waals surface area contributed by atoms with Crippen molar-refractivity contribution in [1.82, 2.24) is 9.97 Å². The molecule has 3 nitrogen and oxygen atoms in total. The monoisotopic (exact) mass is 316 g/mol. The number of hydrogen-bond donors (Lipinski definition) is 1. The number of H-pyrrole nitrogens is 1. The van der Waals surface area contributed by atoms with E-state index in [1.807, 2.05) is 30.3 Å². The van der Waals surface area contributed by atoms with E-state index in [-0.39, 0.29) is 5.78 Å². The molecule has 0 aliphatic heterocycles. The van der Waals surface area contributed by atoms with Crippen LogP contribution in [-0.2, 0) is 12.8 Å². The third kappa shape index (κ3) is 2.67. The summed E-state index contributed by atoms with van der Waals surface area (Å²) >= 11 is 0. The molecule has 0 fully saturated rings. The van der Waals surface area contributed by atoms with Gasteiger partial charge in [-0.25, -0.2) is 0 Å². The summed E-state index contributed by atoms with van der Waals surface area (Å²) in [5.74, 6) is 0.671. The van der Waals surface area contributed by atoms with Gasteiger partial charge in [-0.3, -0.25) is 9.78 Å². The van der Waals surface area contributed by atoms with Gasteiger partial charge >= 0.3 is 0 Å². The fraction of sp³-hybridized carbons (Fsp3) is 0.238. The van der Waals surface area contributed by atoms with Crippen molar-refractivity contribution in [1.29, 1.82) is 0 Å². The van der Waals surface area contributed by atoms with Crippen LogP contribution in [0, 0.1) is 5.92 Å². The van der Waals surface area contributed by atoms with Crippen LogP contribution in [0.5, 0.6) is 0 Å². The van der Waals surface area contributed by atoms with E-state index in [9.17, 15) is 4.79 Å². The number of ketones is 1. The average molecular weight is 316 g/mol. The third-order valence-corrected chi connectivity index (χ3v) is 4.74. The Morgan fingerprint density at radius 1 is 1.08 bits per heavy atom. The lowest BCUT2D eigenvalue weighted by Crippen LogP contribution is -2.18. The van der Waals surface area contributed by atoms with Gasteiger partial charge in [0.15, 0.2) is 5.78 Å². The molecule has 3 aromatic rings. The van der Waals surface area contributed by atoms with Gasteiger partial charge < -0.3 is 4.98 Å². The molecule has 0 amide bonds. The van der Waals surface area contributed by atoms with Crippen molar-refractivity contribution in [3.8, 4) is 11.3 Å². The summed E-state index contributed by atoms with van der Waals surface area (Å²) in [7, 11) is 0. The second-order valence-electron chi connectivity index (χ2n) is 6.67. The van der Waals surface area contributed by atoms with Gasteiger partial charge in [0, 0.05) is 42.1 Å². The summed E-state index contributed by atoms with van der Waals surface area (Å²) < 4.78 is 0. The van der Waals surface area contributed by atoms with Crippen LogP contribution in [0.2, 0.25) is 0 Å². The molecule has 1 unspecified atom stereocenters. The van der Waals surface area contributed by atoms with Gasteiger partial charge in [-0.1, -0.05) is 37.3 Å². The fourth-order valence-electron chi connectivity index (χ4n) is 3.67. The zero-order valence-electron chi connectivity index (χ0n) is 13.8. The molecule has 1 aliphatic rings. The number of nitrogens with zero attached hydrogens (tertiary/aromatic N) is 1. The number of fused-ring (bicyclic) bond motifs is 1. The van der Waals surface area contributed by atoms with E-state index in [1.165, 1.54) is 5.56 Å². The Bertz CT molecular complexity index is 866. The Hall–Kier alpha value is -2.68. The summed E-state index contributed by atoms with van der Waals surface area (Å²) in [6.07, 6.45) is 5.94. The van der Waals surface area contributed by atoms with Gasteiger partial charge in [0.05, 0.1) is 5.69 Å². The van der Waals surface area contributed by atoms with Gasteiger partial charge in [0.2, 0.25) is 0 Å². The summed E-state index contributed by atoms with van der Waals surface area (Å²) in [6.45, 7) is 2.14. The number of aromatic amines is 1. The van der Waals surface area contributed by atoms with Crippen molar-refractivity contribution < 1.29 is 4.79 Å². The molecular formula is C21H20N2O. The minimum absolute atomic E-state index is 0.270. The molecule has 24 heavy (non-hydrogen) atoms. The van der Waals surface area contributed by atoms with Crippen LogP contribution in [-0.4, -0.2) is 15.8 Å². The highest BCUT2D eigenvalue weighted by molar-refractivity contribution is 6.01. The van der Waals surface area contributed by atoms with E-state index in [0.717, 1.165) is 40.9 Å². The second-order valence-corrected chi connectivity index (χ2v) is 6.67. The Kier molecular flexibility index (Phi) is 3.77. The molecule has 0 radical (unpaired) electrons. The largest absolute Gasteiger partial charge is 0.358 e. The van der Waals surface area contributed by atoms with Crippen molar-refractivity contribution in [2.75, 3.05) is 0 Å². The second kappa shape index (κ2) is 6.08. The van der Waals surface area contributed by atoms with Crippen molar-refractivity contribution in [2.24, 2.45) is 5.92 Å². The van der Waals surface area contributed by atoms with Crippen molar-refractivity contribution >= 4 is 5.78 Å². The highest BCUT2D eigenvalue weighted by Gasteiger charge is 2.29. The first-order valence-corrected chi connectivity index (χ1v) is 8.43. The molecule has 0 saturated heterocycles. The van der Waals surface area contributed by atoms with Crippen molar-refractivity contribution in [3.63, 3.8) is 0 Å². The minimum atomic E-state index is 0.270. The van der Waals surface area contributed by atoms with Crippen LogP contribution in [0.15, 0.2) is 54.9 Å². The third-order valence-electron chi connectivity index (χ3n) is 4.74. The first-order valence-electron chi connectivity index (χ1n) is 8.43. The summed E-state index contributed by atoms with van der Waals surface area (Å²) in [5, 5.41) is 0. The lowest BCUT2D eigenvalue weighted by atomic mass is 9.85. The smallest absolute Gasteiger partial charge is 0.165 e. The van der Waals surface area contributed by atoms with Crippen molar-refractivity contribution in [3.05, 3.63) is 77.2 Å². The Balaban J connectivity index is 1.87. The molecule has 120 valence electrons. The predicted octanol–water partition coefficient (Wildman–Crippen LogP) is 4.43. The van der Waals surface area contributed by atoms with Crippen LogP contribution >= 0.6 is 0 Å². The number of nitrogens with one attached hydrogen (secondary N) is 1. The Morgan fingerprint density at radius 3 is 2.58 bits per heavy atom. The van der Waals surface area contributed by atoms with E-state index in [0.29, 0.717) is 12.3 Å². The molecule has 2 heterocycles. The van der Waals surface area contributed by atoms with Gasteiger partial charge in [-0.05, 0) is 35.6 Å². The number of carbonyl (C=O) groups is 1. The number of Topliss-reactive ketones (excluding diaryl/α,β-unsaturated/α-hetero) is 1. The number of aromatic nitrogens is 2. The molecule has 0 spiro atoms. The normalized spacial score (nSPS) is 16.9. The highest BCUT2D eigenvalue weighted by atomic mass is 16.1. The number of pyridine rings is 1. The van der Waals surface area contributed by atoms with E-state index >= 15 is 0 Å². The highest BCUT2D eigenvalue weighted by Crippen LogP contribution is 2.35. The quantitative estimate of drug-likeness (QED) is 0.777. The van der Waals surface area contributed by atoms with Crippen LogP contribution in [0.4, 0.5) is 0 Å². The molecule has 4 rings (SSSR count). The molecule has 1 aliphatic carbocycles. The molecule has 2 aromatic heterocycles. The van der Waals surface area contributed by atoms with Gasteiger partial charge in [-0.15, -0.1) is 0 Å². The van der Waals surface area contributed by atoms with Crippen LogP contribution < -0.4 is 0 Å².